The molecule has 0 heterocycles. The quantitative estimate of drug-likeness (QED) is 0.791. The number of anilines is 1. The third-order valence-electron chi connectivity index (χ3n) is 3.49. The summed E-state index contributed by atoms with van der Waals surface area (Å²) in [5.74, 6) is 0. The molecule has 0 saturated heterocycles. The number of sulfonamides is 1. The van der Waals surface area contributed by atoms with E-state index < -0.39 is 10.0 Å². The van der Waals surface area contributed by atoms with Gasteiger partial charge in [0.25, 0.3) is 0 Å². The van der Waals surface area contributed by atoms with E-state index in [1.54, 1.807) is 26.0 Å². The van der Waals surface area contributed by atoms with Gasteiger partial charge in [0.15, 0.2) is 0 Å². The molecular weight excluding hydrogens is 264 g/mol. The zero-order valence-electron chi connectivity index (χ0n) is 11.3. The lowest BCUT2D eigenvalue weighted by Crippen LogP contribution is -2.36. The second kappa shape index (κ2) is 5.11. The Morgan fingerprint density at radius 1 is 1.37 bits per heavy atom. The molecule has 0 amide bonds. The Kier molecular flexibility index (Phi) is 3.85. The molecule has 0 spiro atoms. The van der Waals surface area contributed by atoms with Crippen molar-refractivity contribution in [3.8, 4) is 0 Å². The minimum Gasteiger partial charge on any atom is -0.398 e. The molecule has 1 fully saturated rings. The van der Waals surface area contributed by atoms with Crippen LogP contribution < -0.4 is 5.73 Å². The molecule has 3 N–H and O–H groups in total. The number of aryl methyl sites for hydroxylation is 1. The third-order valence-corrected chi connectivity index (χ3v) is 5.73. The van der Waals surface area contributed by atoms with Crippen LogP contribution >= 0.6 is 0 Å². The summed E-state index contributed by atoms with van der Waals surface area (Å²) < 4.78 is 26.9. The first-order chi connectivity index (χ1) is 8.89. The second-order valence-corrected chi connectivity index (χ2v) is 6.82. The normalized spacial score (nSPS) is 16.0. The van der Waals surface area contributed by atoms with E-state index in [2.05, 4.69) is 0 Å². The van der Waals surface area contributed by atoms with Gasteiger partial charge in [-0.15, -0.1) is 0 Å². The van der Waals surface area contributed by atoms with Crippen molar-refractivity contribution in [1.29, 1.82) is 0 Å². The molecule has 106 valence electrons. The summed E-state index contributed by atoms with van der Waals surface area (Å²) in [6.45, 7) is 3.46. The first-order valence-electron chi connectivity index (χ1n) is 6.38. The molecule has 0 unspecified atom stereocenters. The Bertz CT molecular complexity index is 580. The Balaban J connectivity index is 2.52. The number of nitrogens with two attached hydrogens (primary N) is 1. The SMILES string of the molecule is Cc1ccc(N)c(C)c1S(=O)(=O)N(CCO)C1CC1. The van der Waals surface area contributed by atoms with E-state index in [4.69, 9.17) is 10.8 Å². The van der Waals surface area contributed by atoms with Crippen LogP contribution in [0.3, 0.4) is 0 Å². The topological polar surface area (TPSA) is 83.6 Å². The Labute approximate surface area is 114 Å². The Hall–Kier alpha value is -1.11. The number of aliphatic hydroxyl groups excluding tert-OH is 1. The van der Waals surface area contributed by atoms with Crippen LogP contribution in [0.25, 0.3) is 0 Å². The predicted molar refractivity (Wildman–Crippen MR) is 74.3 cm³/mol. The Morgan fingerprint density at radius 3 is 2.53 bits per heavy atom. The lowest BCUT2D eigenvalue weighted by Gasteiger charge is -2.23. The highest BCUT2D eigenvalue weighted by Crippen LogP contribution is 2.34. The molecule has 1 aromatic rings. The molecule has 2 rings (SSSR count). The summed E-state index contributed by atoms with van der Waals surface area (Å²) >= 11 is 0. The lowest BCUT2D eigenvalue weighted by atomic mass is 10.1. The van der Waals surface area contributed by atoms with Crippen molar-refractivity contribution < 1.29 is 13.5 Å². The van der Waals surface area contributed by atoms with E-state index in [-0.39, 0.29) is 24.1 Å². The minimum atomic E-state index is -3.59. The molecule has 1 aliphatic rings. The molecule has 0 radical (unpaired) electrons. The molecule has 1 saturated carbocycles. The second-order valence-electron chi connectivity index (χ2n) is 5.00. The number of nitrogens with zero attached hydrogens (tertiary/aromatic N) is 1. The predicted octanol–water partition coefficient (Wildman–Crippen LogP) is 1.03. The van der Waals surface area contributed by atoms with Gasteiger partial charge in [0, 0.05) is 18.3 Å². The summed E-state index contributed by atoms with van der Waals surface area (Å²) in [5.41, 5.74) is 7.57. The summed E-state index contributed by atoms with van der Waals surface area (Å²) in [6, 6.07) is 3.47. The van der Waals surface area contributed by atoms with E-state index in [0.717, 1.165) is 12.8 Å². The van der Waals surface area contributed by atoms with Gasteiger partial charge in [-0.25, -0.2) is 8.42 Å². The van der Waals surface area contributed by atoms with Gasteiger partial charge in [0.05, 0.1) is 11.5 Å². The van der Waals surface area contributed by atoms with Crippen LogP contribution in [0, 0.1) is 13.8 Å². The van der Waals surface area contributed by atoms with Crippen LogP contribution in [0.4, 0.5) is 5.69 Å². The first kappa shape index (κ1) is 14.3. The maximum Gasteiger partial charge on any atom is 0.244 e. The summed E-state index contributed by atoms with van der Waals surface area (Å²) in [7, 11) is -3.59. The number of benzene rings is 1. The fourth-order valence-corrected chi connectivity index (χ4v) is 4.46. The maximum atomic E-state index is 12.8. The van der Waals surface area contributed by atoms with Gasteiger partial charge in [-0.2, -0.15) is 4.31 Å². The minimum absolute atomic E-state index is 0.0254. The molecule has 0 bridgehead atoms. The van der Waals surface area contributed by atoms with Gasteiger partial charge in [-0.1, -0.05) is 6.07 Å². The highest BCUT2D eigenvalue weighted by molar-refractivity contribution is 7.89. The van der Waals surface area contributed by atoms with Crippen molar-refractivity contribution in [3.05, 3.63) is 23.3 Å². The van der Waals surface area contributed by atoms with Crippen LogP contribution in [0.2, 0.25) is 0 Å². The standard InChI is InChI=1S/C13H20N2O3S/c1-9-3-6-12(14)10(2)13(9)19(17,18)15(7-8-16)11-4-5-11/h3,6,11,16H,4-5,7-8,14H2,1-2H3. The van der Waals surface area contributed by atoms with Gasteiger partial charge in [0.1, 0.15) is 0 Å². The van der Waals surface area contributed by atoms with Crippen molar-refractivity contribution in [2.75, 3.05) is 18.9 Å². The van der Waals surface area contributed by atoms with Gasteiger partial charge >= 0.3 is 0 Å². The zero-order chi connectivity index (χ0) is 14.2. The lowest BCUT2D eigenvalue weighted by molar-refractivity contribution is 0.250. The fraction of sp³-hybridized carbons (Fsp3) is 0.538. The number of aliphatic hydroxyl groups is 1. The van der Waals surface area contributed by atoms with Crippen molar-refractivity contribution >= 4 is 15.7 Å². The maximum absolute atomic E-state index is 12.8. The molecular formula is C13H20N2O3S. The van der Waals surface area contributed by atoms with Crippen molar-refractivity contribution in [3.63, 3.8) is 0 Å². The molecule has 0 atom stereocenters. The van der Waals surface area contributed by atoms with Crippen molar-refractivity contribution in [1.82, 2.24) is 4.31 Å². The smallest absolute Gasteiger partial charge is 0.244 e. The zero-order valence-corrected chi connectivity index (χ0v) is 12.1. The molecule has 6 heteroatoms. The van der Waals surface area contributed by atoms with Crippen LogP contribution in [0.1, 0.15) is 24.0 Å². The van der Waals surface area contributed by atoms with Crippen molar-refractivity contribution in [2.24, 2.45) is 0 Å². The van der Waals surface area contributed by atoms with Gasteiger partial charge in [0.2, 0.25) is 10.0 Å². The van der Waals surface area contributed by atoms with Crippen molar-refractivity contribution in [2.45, 2.75) is 37.6 Å². The summed E-state index contributed by atoms with van der Waals surface area (Å²) in [6.07, 6.45) is 1.72. The number of rotatable bonds is 5. The monoisotopic (exact) mass is 284 g/mol. The molecule has 5 nitrogen and oxygen atoms in total. The number of hydrogen-bond donors (Lipinski definition) is 2. The van der Waals surface area contributed by atoms with Gasteiger partial charge in [-0.3, -0.25) is 0 Å². The molecule has 0 aromatic heterocycles. The van der Waals surface area contributed by atoms with Gasteiger partial charge in [-0.05, 0) is 43.9 Å². The Morgan fingerprint density at radius 2 is 2.00 bits per heavy atom. The first-order valence-corrected chi connectivity index (χ1v) is 7.82. The molecule has 19 heavy (non-hydrogen) atoms. The number of hydrogen-bond acceptors (Lipinski definition) is 4. The highest BCUT2D eigenvalue weighted by Gasteiger charge is 2.39. The van der Waals surface area contributed by atoms with E-state index in [9.17, 15) is 8.42 Å². The van der Waals surface area contributed by atoms with E-state index >= 15 is 0 Å². The molecule has 0 aliphatic heterocycles. The average Bonchev–Trinajstić information content (AvgIpc) is 3.15. The summed E-state index contributed by atoms with van der Waals surface area (Å²) in [4.78, 5) is 0.285. The molecule has 1 aliphatic carbocycles. The highest BCUT2D eigenvalue weighted by atomic mass is 32.2. The summed E-state index contributed by atoms with van der Waals surface area (Å²) in [5, 5.41) is 9.09. The van der Waals surface area contributed by atoms with E-state index in [1.807, 2.05) is 0 Å². The number of nitrogen functional groups attached to an aromatic ring is 1. The average molecular weight is 284 g/mol. The van der Waals surface area contributed by atoms with E-state index in [1.165, 1.54) is 4.31 Å². The van der Waals surface area contributed by atoms with Crippen LogP contribution in [-0.2, 0) is 10.0 Å². The van der Waals surface area contributed by atoms with Crippen LogP contribution in [0.5, 0.6) is 0 Å². The van der Waals surface area contributed by atoms with Gasteiger partial charge < -0.3 is 10.8 Å². The molecule has 1 aromatic carbocycles. The third kappa shape index (κ3) is 2.61. The van der Waals surface area contributed by atoms with Crippen LogP contribution in [0.15, 0.2) is 17.0 Å². The fourth-order valence-electron chi connectivity index (χ4n) is 2.32. The largest absolute Gasteiger partial charge is 0.398 e. The van der Waals surface area contributed by atoms with E-state index in [0.29, 0.717) is 16.8 Å². The van der Waals surface area contributed by atoms with Crippen LogP contribution in [-0.4, -0.2) is 37.0 Å².